The second-order valence-electron chi connectivity index (χ2n) is 8.66. The normalized spacial score (nSPS) is 26.0. The highest BCUT2D eigenvalue weighted by Crippen LogP contribution is 2.47. The minimum Gasteiger partial charge on any atom is -0.396 e. The van der Waals surface area contributed by atoms with Gasteiger partial charge in [0.05, 0.1) is 31.8 Å². The molecule has 154 valence electrons. The number of piperidine rings is 1. The Kier molecular flexibility index (Phi) is 7.80. The van der Waals surface area contributed by atoms with Gasteiger partial charge in [0.2, 0.25) is 0 Å². The van der Waals surface area contributed by atoms with E-state index < -0.39 is 5.92 Å². The number of aliphatic hydroxyl groups is 1. The van der Waals surface area contributed by atoms with Crippen molar-refractivity contribution in [2.45, 2.75) is 38.5 Å². The van der Waals surface area contributed by atoms with Crippen LogP contribution in [-0.4, -0.2) is 94.1 Å². The maximum atomic E-state index is 13.0. The van der Waals surface area contributed by atoms with Crippen LogP contribution in [0.2, 0.25) is 0 Å². The van der Waals surface area contributed by atoms with Crippen LogP contribution in [0.1, 0.15) is 32.6 Å². The van der Waals surface area contributed by atoms with E-state index in [-0.39, 0.29) is 24.9 Å². The van der Waals surface area contributed by atoms with Crippen LogP contribution in [0.25, 0.3) is 0 Å². The fraction of sp³-hybridized carbons (Fsp3) is 1.00. The highest BCUT2D eigenvalue weighted by molar-refractivity contribution is 4.96. The van der Waals surface area contributed by atoms with E-state index in [1.54, 1.807) is 0 Å². The fourth-order valence-corrected chi connectivity index (χ4v) is 3.65. The van der Waals surface area contributed by atoms with E-state index in [0.29, 0.717) is 31.7 Å². The van der Waals surface area contributed by atoms with Gasteiger partial charge in [-0.1, -0.05) is 0 Å². The zero-order valence-electron chi connectivity index (χ0n) is 16.6. The first-order valence-corrected chi connectivity index (χ1v) is 9.75. The smallest absolute Gasteiger partial charge is 0.250 e. The first-order chi connectivity index (χ1) is 12.2. The van der Waals surface area contributed by atoms with E-state index in [9.17, 15) is 8.78 Å². The van der Waals surface area contributed by atoms with Crippen molar-refractivity contribution in [1.82, 2.24) is 9.80 Å². The lowest BCUT2D eigenvalue weighted by molar-refractivity contribution is -0.144. The molecule has 0 aromatic carbocycles. The van der Waals surface area contributed by atoms with Crippen molar-refractivity contribution < 1.29 is 23.4 Å². The monoisotopic (exact) mass is 378 g/mol. The molecule has 0 bridgehead atoms. The number of alkyl halides is 2. The Labute approximate surface area is 156 Å². The summed E-state index contributed by atoms with van der Waals surface area (Å²) >= 11 is 0. The lowest BCUT2D eigenvalue weighted by Gasteiger charge is -2.41. The summed E-state index contributed by atoms with van der Waals surface area (Å²) in [5, 5.41) is 8.98. The van der Waals surface area contributed by atoms with E-state index in [1.807, 2.05) is 21.0 Å². The topological polar surface area (TPSA) is 45.2 Å². The Bertz CT molecular complexity index is 411. The molecular weight excluding hydrogens is 342 g/mol. The number of halogens is 2. The Hall–Kier alpha value is -0.340. The molecule has 3 fully saturated rings. The van der Waals surface area contributed by atoms with Gasteiger partial charge in [0, 0.05) is 51.0 Å². The van der Waals surface area contributed by atoms with Crippen LogP contribution in [0, 0.1) is 10.8 Å². The summed E-state index contributed by atoms with van der Waals surface area (Å²) in [7, 11) is 4.02. The predicted molar refractivity (Wildman–Crippen MR) is 97.7 cm³/mol. The lowest BCUT2D eigenvalue weighted by atomic mass is 9.87. The molecule has 5 nitrogen and oxygen atoms in total. The molecule has 0 unspecified atom stereocenters. The van der Waals surface area contributed by atoms with Crippen LogP contribution in [-0.2, 0) is 9.47 Å². The molecule has 1 aliphatic carbocycles. The van der Waals surface area contributed by atoms with Crippen LogP contribution in [0.5, 0.6) is 0 Å². The van der Waals surface area contributed by atoms with Crippen molar-refractivity contribution in [3.05, 3.63) is 0 Å². The second kappa shape index (κ2) is 9.24. The van der Waals surface area contributed by atoms with E-state index in [0.717, 1.165) is 26.3 Å². The molecule has 0 aromatic heterocycles. The van der Waals surface area contributed by atoms with Gasteiger partial charge >= 0.3 is 0 Å². The minimum atomic E-state index is -2.42. The molecule has 26 heavy (non-hydrogen) atoms. The van der Waals surface area contributed by atoms with Gasteiger partial charge in [-0.3, -0.25) is 0 Å². The van der Waals surface area contributed by atoms with Crippen molar-refractivity contribution >= 4 is 0 Å². The summed E-state index contributed by atoms with van der Waals surface area (Å²) in [6.45, 7) is 8.16. The van der Waals surface area contributed by atoms with Gasteiger partial charge in [0.15, 0.2) is 0 Å². The molecule has 3 aliphatic rings. The number of hydrogen-bond acceptors (Lipinski definition) is 5. The number of hydrogen-bond donors (Lipinski definition) is 1. The third kappa shape index (κ3) is 6.68. The molecule has 0 spiro atoms. The highest BCUT2D eigenvalue weighted by Gasteiger charge is 2.45. The molecule has 2 aliphatic heterocycles. The Morgan fingerprint density at radius 1 is 1.08 bits per heavy atom. The first-order valence-electron chi connectivity index (χ1n) is 9.75. The molecule has 0 atom stereocenters. The van der Waals surface area contributed by atoms with Crippen molar-refractivity contribution in [3.8, 4) is 0 Å². The SMILES string of the molecule is CCOCC1(CN2CCC(F)(F)CC2)CC1.CN(C)CC1(CO)COC1. The van der Waals surface area contributed by atoms with Crippen molar-refractivity contribution in [1.29, 1.82) is 0 Å². The molecule has 2 heterocycles. The maximum absolute atomic E-state index is 13.0. The van der Waals surface area contributed by atoms with Crippen LogP contribution in [0.3, 0.4) is 0 Å². The van der Waals surface area contributed by atoms with Crippen LogP contribution in [0.4, 0.5) is 8.78 Å². The molecule has 3 rings (SSSR count). The van der Waals surface area contributed by atoms with E-state index in [4.69, 9.17) is 14.6 Å². The number of aliphatic hydroxyl groups excluding tert-OH is 1. The van der Waals surface area contributed by atoms with Crippen LogP contribution < -0.4 is 0 Å². The summed E-state index contributed by atoms with van der Waals surface area (Å²) < 4.78 is 36.5. The predicted octanol–water partition coefficient (Wildman–Crippen LogP) is 2.09. The molecule has 7 heteroatoms. The summed E-state index contributed by atoms with van der Waals surface area (Å²) in [4.78, 5) is 4.27. The number of rotatable bonds is 8. The van der Waals surface area contributed by atoms with Gasteiger partial charge in [0.1, 0.15) is 0 Å². The zero-order chi connectivity index (χ0) is 19.3. The second-order valence-corrected chi connectivity index (χ2v) is 8.66. The van der Waals surface area contributed by atoms with Crippen molar-refractivity contribution in [2.75, 3.05) is 73.3 Å². The Balaban J connectivity index is 0.000000209. The molecule has 1 saturated carbocycles. The van der Waals surface area contributed by atoms with Gasteiger partial charge in [-0.05, 0) is 33.9 Å². The molecule has 1 N–H and O–H groups in total. The average Bonchev–Trinajstić information content (AvgIpc) is 3.31. The van der Waals surface area contributed by atoms with E-state index >= 15 is 0 Å². The third-order valence-corrected chi connectivity index (χ3v) is 5.52. The first kappa shape index (κ1) is 22.0. The Morgan fingerprint density at radius 3 is 2.04 bits per heavy atom. The van der Waals surface area contributed by atoms with E-state index in [2.05, 4.69) is 9.80 Å². The fourth-order valence-electron chi connectivity index (χ4n) is 3.65. The lowest BCUT2D eigenvalue weighted by Crippen LogP contribution is -2.51. The van der Waals surface area contributed by atoms with E-state index in [1.165, 1.54) is 12.8 Å². The molecule has 0 radical (unpaired) electrons. The summed E-state index contributed by atoms with van der Waals surface area (Å²) in [6.07, 6.45) is 2.44. The largest absolute Gasteiger partial charge is 0.396 e. The van der Waals surface area contributed by atoms with Crippen LogP contribution >= 0.6 is 0 Å². The van der Waals surface area contributed by atoms with Gasteiger partial charge in [-0.15, -0.1) is 0 Å². The summed E-state index contributed by atoms with van der Waals surface area (Å²) in [5.74, 6) is -2.42. The average molecular weight is 379 g/mol. The van der Waals surface area contributed by atoms with Crippen molar-refractivity contribution in [3.63, 3.8) is 0 Å². The molecule has 2 saturated heterocycles. The molecular formula is C19H36F2N2O3. The van der Waals surface area contributed by atoms with Crippen LogP contribution in [0.15, 0.2) is 0 Å². The summed E-state index contributed by atoms with van der Waals surface area (Å²) in [6, 6.07) is 0. The van der Waals surface area contributed by atoms with Gasteiger partial charge in [-0.2, -0.15) is 0 Å². The van der Waals surface area contributed by atoms with Gasteiger partial charge in [0.25, 0.3) is 5.92 Å². The molecule has 0 aromatic rings. The maximum Gasteiger partial charge on any atom is 0.250 e. The van der Waals surface area contributed by atoms with Crippen molar-refractivity contribution in [2.24, 2.45) is 10.8 Å². The minimum absolute atomic E-state index is 0.0255. The number of ether oxygens (including phenoxy) is 2. The Morgan fingerprint density at radius 2 is 1.69 bits per heavy atom. The molecule has 0 amide bonds. The number of likely N-dealkylation sites (tertiary alicyclic amines) is 1. The van der Waals surface area contributed by atoms with Gasteiger partial charge in [-0.25, -0.2) is 8.78 Å². The number of nitrogens with zero attached hydrogens (tertiary/aromatic N) is 2. The third-order valence-electron chi connectivity index (χ3n) is 5.52. The van der Waals surface area contributed by atoms with Gasteiger partial charge < -0.3 is 24.4 Å². The summed E-state index contributed by atoms with van der Waals surface area (Å²) in [5.41, 5.74) is 0.339. The zero-order valence-corrected chi connectivity index (χ0v) is 16.6. The quantitative estimate of drug-likeness (QED) is 0.701. The highest BCUT2D eigenvalue weighted by atomic mass is 19.3. The standard InChI is InChI=1S/C12H21F2NO.C7H15NO2/c1-2-16-10-11(3-4-11)9-15-7-5-12(13,14)6-8-15;1-8(2)3-7(4-9)5-10-6-7/h2-10H2,1H3;9H,3-6H2,1-2H3.